The van der Waals surface area contributed by atoms with Crippen LogP contribution < -0.4 is 10.6 Å². The number of anilines is 2. The Morgan fingerprint density at radius 2 is 1.89 bits per heavy atom. The van der Waals surface area contributed by atoms with Crippen molar-refractivity contribution in [3.63, 3.8) is 0 Å². The maximum absolute atomic E-state index is 5.39. The van der Waals surface area contributed by atoms with E-state index in [-0.39, 0.29) is 0 Å². The van der Waals surface area contributed by atoms with Crippen molar-refractivity contribution in [3.8, 4) is 0 Å². The van der Waals surface area contributed by atoms with Crippen molar-refractivity contribution in [1.29, 1.82) is 0 Å². The highest BCUT2D eigenvalue weighted by molar-refractivity contribution is 5.57. The van der Waals surface area contributed by atoms with Gasteiger partial charge in [0.2, 0.25) is 0 Å². The molecule has 1 aliphatic rings. The largest absolute Gasteiger partial charge is 0.381 e. The molecular weight excluding hydrogens is 240 g/mol. The van der Waals surface area contributed by atoms with Crippen LogP contribution in [0.5, 0.6) is 0 Å². The zero-order valence-corrected chi connectivity index (χ0v) is 12.1. The van der Waals surface area contributed by atoms with Crippen LogP contribution in [0, 0.1) is 6.92 Å². The van der Waals surface area contributed by atoms with Crippen LogP contribution in [-0.4, -0.2) is 36.3 Å². The minimum absolute atomic E-state index is 0.460. The van der Waals surface area contributed by atoms with Gasteiger partial charge in [-0.1, -0.05) is 6.92 Å². The van der Waals surface area contributed by atoms with Crippen LogP contribution in [0.1, 0.15) is 37.6 Å². The lowest BCUT2D eigenvalue weighted by atomic mass is 10.1. The lowest BCUT2D eigenvalue weighted by Gasteiger charge is -2.25. The van der Waals surface area contributed by atoms with E-state index < -0.39 is 0 Å². The van der Waals surface area contributed by atoms with Crippen LogP contribution >= 0.6 is 0 Å². The van der Waals surface area contributed by atoms with Gasteiger partial charge in [0.25, 0.3) is 0 Å². The number of hydrogen-bond donors (Lipinski definition) is 2. The van der Waals surface area contributed by atoms with Crippen LogP contribution in [0.15, 0.2) is 0 Å². The van der Waals surface area contributed by atoms with Crippen molar-refractivity contribution in [2.75, 3.05) is 30.9 Å². The summed E-state index contributed by atoms with van der Waals surface area (Å²) in [6.07, 6.45) is 4.06. The second kappa shape index (κ2) is 6.70. The van der Waals surface area contributed by atoms with Crippen molar-refractivity contribution < 1.29 is 4.74 Å². The van der Waals surface area contributed by atoms with Gasteiger partial charge < -0.3 is 15.4 Å². The summed E-state index contributed by atoms with van der Waals surface area (Å²) in [6.45, 7) is 5.88. The summed E-state index contributed by atoms with van der Waals surface area (Å²) >= 11 is 0. The minimum Gasteiger partial charge on any atom is -0.381 e. The molecule has 2 rings (SSSR count). The molecule has 1 fully saturated rings. The third-order valence-electron chi connectivity index (χ3n) is 3.46. The van der Waals surface area contributed by atoms with Crippen LogP contribution in [0.2, 0.25) is 0 Å². The van der Waals surface area contributed by atoms with Crippen LogP contribution in [-0.2, 0) is 11.2 Å². The van der Waals surface area contributed by atoms with Gasteiger partial charge in [-0.25, -0.2) is 9.97 Å². The maximum Gasteiger partial charge on any atom is 0.134 e. The molecule has 0 aliphatic carbocycles. The molecule has 1 aliphatic heterocycles. The molecule has 0 saturated carbocycles. The van der Waals surface area contributed by atoms with E-state index in [4.69, 9.17) is 4.74 Å². The average Bonchev–Trinajstić information content (AvgIpc) is 2.43. The summed E-state index contributed by atoms with van der Waals surface area (Å²) < 4.78 is 5.39. The standard InChI is InChI=1S/C14H24N4O/c1-4-5-12-17-13(15-3)10(2)14(18-12)16-11-6-8-19-9-7-11/h11H,4-9H2,1-3H3,(H2,15,16,17,18). The summed E-state index contributed by atoms with van der Waals surface area (Å²) in [4.78, 5) is 9.21. The molecule has 0 unspecified atom stereocenters. The number of ether oxygens (including phenoxy) is 1. The van der Waals surface area contributed by atoms with E-state index in [2.05, 4.69) is 34.4 Å². The Balaban J connectivity index is 2.18. The molecule has 106 valence electrons. The molecule has 19 heavy (non-hydrogen) atoms. The van der Waals surface area contributed by atoms with Crippen molar-refractivity contribution in [2.45, 2.75) is 45.6 Å². The number of hydrogen-bond acceptors (Lipinski definition) is 5. The first-order chi connectivity index (χ1) is 9.24. The molecule has 5 heteroatoms. The number of nitrogens with one attached hydrogen (secondary N) is 2. The van der Waals surface area contributed by atoms with Gasteiger partial charge in [0, 0.05) is 38.3 Å². The normalized spacial score (nSPS) is 16.4. The highest BCUT2D eigenvalue weighted by atomic mass is 16.5. The number of nitrogens with zero attached hydrogens (tertiary/aromatic N) is 2. The summed E-state index contributed by atoms with van der Waals surface area (Å²) in [7, 11) is 1.91. The van der Waals surface area contributed by atoms with Crippen LogP contribution in [0.25, 0.3) is 0 Å². The quantitative estimate of drug-likeness (QED) is 0.855. The monoisotopic (exact) mass is 264 g/mol. The summed E-state index contributed by atoms with van der Waals surface area (Å²) in [5.41, 5.74) is 1.09. The van der Waals surface area contributed by atoms with Crippen LogP contribution in [0.3, 0.4) is 0 Å². The van der Waals surface area contributed by atoms with Gasteiger partial charge >= 0.3 is 0 Å². The second-order valence-corrected chi connectivity index (χ2v) is 4.99. The van der Waals surface area contributed by atoms with E-state index in [1.54, 1.807) is 0 Å². The van der Waals surface area contributed by atoms with Gasteiger partial charge in [-0.15, -0.1) is 0 Å². The smallest absolute Gasteiger partial charge is 0.134 e. The van der Waals surface area contributed by atoms with Gasteiger partial charge in [0.05, 0.1) is 0 Å². The molecule has 0 amide bonds. The van der Waals surface area contributed by atoms with Crippen molar-refractivity contribution in [1.82, 2.24) is 9.97 Å². The van der Waals surface area contributed by atoms with Gasteiger partial charge in [-0.05, 0) is 26.2 Å². The first-order valence-corrected chi connectivity index (χ1v) is 7.14. The Morgan fingerprint density at radius 1 is 1.21 bits per heavy atom. The summed E-state index contributed by atoms with van der Waals surface area (Å²) in [5.74, 6) is 2.80. The highest BCUT2D eigenvalue weighted by Crippen LogP contribution is 2.22. The molecule has 2 N–H and O–H groups in total. The Bertz CT molecular complexity index is 416. The van der Waals surface area contributed by atoms with Crippen molar-refractivity contribution in [2.24, 2.45) is 0 Å². The molecule has 2 heterocycles. The number of rotatable bonds is 5. The van der Waals surface area contributed by atoms with Gasteiger partial charge in [0.15, 0.2) is 0 Å². The zero-order valence-electron chi connectivity index (χ0n) is 12.1. The second-order valence-electron chi connectivity index (χ2n) is 4.99. The van der Waals surface area contributed by atoms with Crippen molar-refractivity contribution >= 4 is 11.6 Å². The average molecular weight is 264 g/mol. The lowest BCUT2D eigenvalue weighted by Crippen LogP contribution is -2.29. The van der Waals surface area contributed by atoms with Gasteiger partial charge in [0.1, 0.15) is 17.5 Å². The van der Waals surface area contributed by atoms with E-state index in [0.717, 1.165) is 61.9 Å². The molecule has 0 aromatic carbocycles. The Kier molecular flexibility index (Phi) is 4.96. The topological polar surface area (TPSA) is 59.1 Å². The minimum atomic E-state index is 0.460. The Morgan fingerprint density at radius 3 is 2.53 bits per heavy atom. The first-order valence-electron chi connectivity index (χ1n) is 7.14. The van der Waals surface area contributed by atoms with Gasteiger partial charge in [-0.3, -0.25) is 0 Å². The van der Waals surface area contributed by atoms with Gasteiger partial charge in [-0.2, -0.15) is 0 Å². The van der Waals surface area contributed by atoms with E-state index in [0.29, 0.717) is 6.04 Å². The predicted molar refractivity (Wildman–Crippen MR) is 77.8 cm³/mol. The highest BCUT2D eigenvalue weighted by Gasteiger charge is 2.17. The zero-order chi connectivity index (χ0) is 13.7. The SMILES string of the molecule is CCCc1nc(NC)c(C)c(NC2CCOCC2)n1. The summed E-state index contributed by atoms with van der Waals surface area (Å²) in [6, 6.07) is 0.460. The number of aromatic nitrogens is 2. The van der Waals surface area contributed by atoms with E-state index >= 15 is 0 Å². The predicted octanol–water partition coefficient (Wildman–Crippen LogP) is 2.37. The van der Waals surface area contributed by atoms with E-state index in [1.807, 2.05) is 7.05 Å². The fraction of sp³-hybridized carbons (Fsp3) is 0.714. The van der Waals surface area contributed by atoms with E-state index in [9.17, 15) is 0 Å². The molecular formula is C14H24N4O. The molecule has 0 bridgehead atoms. The number of aryl methyl sites for hydroxylation is 1. The van der Waals surface area contributed by atoms with Crippen molar-refractivity contribution in [3.05, 3.63) is 11.4 Å². The Labute approximate surface area is 115 Å². The lowest BCUT2D eigenvalue weighted by molar-refractivity contribution is 0.0903. The fourth-order valence-electron chi connectivity index (χ4n) is 2.32. The molecule has 5 nitrogen and oxygen atoms in total. The Hall–Kier alpha value is -1.36. The third kappa shape index (κ3) is 3.56. The maximum atomic E-state index is 5.39. The third-order valence-corrected chi connectivity index (χ3v) is 3.46. The molecule has 1 aromatic rings. The molecule has 0 atom stereocenters. The first kappa shape index (κ1) is 14.1. The van der Waals surface area contributed by atoms with E-state index in [1.165, 1.54) is 0 Å². The molecule has 1 aromatic heterocycles. The summed E-state index contributed by atoms with van der Waals surface area (Å²) in [5, 5.41) is 6.71. The fourth-order valence-corrected chi connectivity index (χ4v) is 2.32. The molecule has 0 spiro atoms. The van der Waals surface area contributed by atoms with Crippen LogP contribution in [0.4, 0.5) is 11.6 Å². The molecule has 0 radical (unpaired) electrons. The molecule has 1 saturated heterocycles.